The van der Waals surface area contributed by atoms with Crippen molar-refractivity contribution in [2.45, 2.75) is 50.9 Å². The van der Waals surface area contributed by atoms with Crippen molar-refractivity contribution in [1.29, 1.82) is 0 Å². The van der Waals surface area contributed by atoms with Crippen molar-refractivity contribution in [3.63, 3.8) is 0 Å². The maximum atomic E-state index is 13.5. The molecule has 0 saturated heterocycles. The molecule has 1 atom stereocenters. The molecule has 2 aliphatic rings. The molecular weight excluding hydrogens is 507 g/mol. The summed E-state index contributed by atoms with van der Waals surface area (Å²) in [5.74, 6) is -0.228. The monoisotopic (exact) mass is 533 g/mol. The van der Waals surface area contributed by atoms with Crippen LogP contribution in [0.5, 0.6) is 0 Å². The normalized spacial score (nSPS) is 20.5. The first-order chi connectivity index (χ1) is 18.7. The van der Waals surface area contributed by atoms with Gasteiger partial charge in [-0.15, -0.1) is 0 Å². The van der Waals surface area contributed by atoms with Gasteiger partial charge in [0.1, 0.15) is 0 Å². The van der Waals surface area contributed by atoms with E-state index in [-0.39, 0.29) is 23.6 Å². The number of rotatable bonds is 6. The third kappa shape index (κ3) is 4.83. The molecule has 1 fully saturated rings. The predicted molar refractivity (Wildman–Crippen MR) is 139 cm³/mol. The van der Waals surface area contributed by atoms with E-state index in [4.69, 9.17) is 9.63 Å². The van der Waals surface area contributed by atoms with E-state index in [2.05, 4.69) is 27.6 Å². The van der Waals surface area contributed by atoms with Crippen molar-refractivity contribution in [3.8, 4) is 34.0 Å². The molecule has 2 aliphatic carbocycles. The number of hydrogen-bond donors (Lipinski definition) is 2. The van der Waals surface area contributed by atoms with Crippen molar-refractivity contribution in [2.24, 2.45) is 5.92 Å². The Morgan fingerprint density at radius 1 is 1.03 bits per heavy atom. The number of aliphatic carboxylic acids is 1. The lowest BCUT2D eigenvalue weighted by atomic mass is 9.80. The Morgan fingerprint density at radius 3 is 2.54 bits per heavy atom. The van der Waals surface area contributed by atoms with Crippen LogP contribution in [0, 0.1) is 12.8 Å². The van der Waals surface area contributed by atoms with Gasteiger partial charge in [-0.3, -0.25) is 4.79 Å². The van der Waals surface area contributed by atoms with E-state index in [1.54, 1.807) is 31.2 Å². The van der Waals surface area contributed by atoms with Crippen LogP contribution in [0.3, 0.4) is 0 Å². The smallest absolute Gasteiger partial charge is 0.417 e. The lowest BCUT2D eigenvalue weighted by Gasteiger charge is -2.35. The number of benzene rings is 3. The zero-order valence-electron chi connectivity index (χ0n) is 21.1. The van der Waals surface area contributed by atoms with E-state index in [1.807, 2.05) is 6.07 Å². The highest BCUT2D eigenvalue weighted by Gasteiger charge is 2.37. The summed E-state index contributed by atoms with van der Waals surface area (Å²) in [5, 5.41) is 16.9. The van der Waals surface area contributed by atoms with Crippen LogP contribution in [0.2, 0.25) is 0 Å². The topological polar surface area (TPSA) is 88.2 Å². The number of alkyl halides is 3. The molecule has 3 aromatic carbocycles. The molecule has 9 heteroatoms. The second-order valence-corrected chi connectivity index (χ2v) is 10.4. The molecule has 4 aromatic rings. The lowest BCUT2D eigenvalue weighted by molar-refractivity contribution is -0.145. The number of aryl methyl sites for hydroxylation is 2. The Bertz CT molecular complexity index is 1560. The number of hydrogen-bond acceptors (Lipinski definition) is 5. The number of nitrogens with one attached hydrogen (secondary N) is 1. The zero-order chi connectivity index (χ0) is 27.3. The highest BCUT2D eigenvalue weighted by molar-refractivity contribution is 5.74. The van der Waals surface area contributed by atoms with E-state index < -0.39 is 17.7 Å². The number of carbonyl (C=O) groups is 1. The van der Waals surface area contributed by atoms with Crippen molar-refractivity contribution in [2.75, 3.05) is 0 Å². The first-order valence-corrected chi connectivity index (χ1v) is 12.9. The number of nitrogens with zero attached hydrogens (tertiary/aromatic N) is 2. The largest absolute Gasteiger partial charge is 0.481 e. The molecule has 6 nitrogen and oxygen atoms in total. The minimum Gasteiger partial charge on any atom is -0.481 e. The van der Waals surface area contributed by atoms with Crippen LogP contribution < -0.4 is 5.32 Å². The van der Waals surface area contributed by atoms with E-state index in [1.165, 1.54) is 23.3 Å². The summed E-state index contributed by atoms with van der Waals surface area (Å²) in [6.07, 6.45) is -1.26. The summed E-state index contributed by atoms with van der Waals surface area (Å²) < 4.78 is 46.1. The number of carboxylic acids is 1. The van der Waals surface area contributed by atoms with Gasteiger partial charge in [0.25, 0.3) is 5.89 Å². The van der Waals surface area contributed by atoms with Gasteiger partial charge in [0.15, 0.2) is 0 Å². The zero-order valence-corrected chi connectivity index (χ0v) is 21.1. The number of halogens is 3. The van der Waals surface area contributed by atoms with E-state index in [0.717, 1.165) is 24.5 Å². The van der Waals surface area contributed by atoms with Gasteiger partial charge < -0.3 is 14.9 Å². The Balaban J connectivity index is 1.20. The number of aromatic nitrogens is 2. The van der Waals surface area contributed by atoms with Gasteiger partial charge in [0.05, 0.1) is 11.5 Å². The molecule has 1 saturated carbocycles. The molecule has 39 heavy (non-hydrogen) atoms. The maximum Gasteiger partial charge on any atom is 0.417 e. The molecule has 0 spiro atoms. The van der Waals surface area contributed by atoms with Crippen LogP contribution in [-0.4, -0.2) is 27.3 Å². The summed E-state index contributed by atoms with van der Waals surface area (Å²) in [6.45, 7) is 1.76. The van der Waals surface area contributed by atoms with Crippen molar-refractivity contribution >= 4 is 5.97 Å². The average Bonchev–Trinajstić information content (AvgIpc) is 3.52. The summed E-state index contributed by atoms with van der Waals surface area (Å²) in [5.41, 5.74) is 4.49. The molecule has 1 aromatic heterocycles. The predicted octanol–water partition coefficient (Wildman–Crippen LogP) is 6.84. The highest BCUT2D eigenvalue weighted by atomic mass is 19.4. The van der Waals surface area contributed by atoms with Crippen LogP contribution >= 0.6 is 0 Å². The molecule has 1 unspecified atom stereocenters. The van der Waals surface area contributed by atoms with E-state index in [0.29, 0.717) is 41.2 Å². The third-order valence-electron chi connectivity index (χ3n) is 7.83. The molecule has 0 amide bonds. The standard InChI is InChI=1S/C30H26F3N3O3/c1-16-12-19(7-9-22(16)24-4-2-3-5-25(24)30(31,32)33)28-35-27(36-39-28)18-6-10-23-17(13-18)8-11-26(23)34-21-14-20(15-21)29(37)38/h2-7,9-10,12-13,20-21,26,34H,8,11,14-15H2,1H3,(H,37,38)/t20-,21-,26?. The SMILES string of the molecule is Cc1cc(-c2nc(-c3ccc4c(c3)CCC4N[C@H]3C[C@H](C(=O)O)C3)no2)ccc1-c1ccccc1C(F)(F)F. The lowest BCUT2D eigenvalue weighted by Crippen LogP contribution is -2.45. The molecule has 1 heterocycles. The summed E-state index contributed by atoms with van der Waals surface area (Å²) in [7, 11) is 0. The Labute approximate surface area is 222 Å². The van der Waals surface area contributed by atoms with Gasteiger partial charge in [-0.05, 0) is 84.7 Å². The Morgan fingerprint density at radius 2 is 1.79 bits per heavy atom. The number of fused-ring (bicyclic) bond motifs is 1. The van der Waals surface area contributed by atoms with Crippen LogP contribution in [-0.2, 0) is 17.4 Å². The quantitative estimate of drug-likeness (QED) is 0.282. The van der Waals surface area contributed by atoms with Crippen LogP contribution in [0.4, 0.5) is 13.2 Å². The molecule has 200 valence electrons. The molecule has 0 radical (unpaired) electrons. The fraction of sp³-hybridized carbons (Fsp3) is 0.300. The van der Waals surface area contributed by atoms with Crippen LogP contribution in [0.25, 0.3) is 34.0 Å². The third-order valence-corrected chi connectivity index (χ3v) is 7.83. The van der Waals surface area contributed by atoms with E-state index >= 15 is 0 Å². The van der Waals surface area contributed by atoms with Gasteiger partial charge >= 0.3 is 12.1 Å². The molecule has 2 N–H and O–H groups in total. The fourth-order valence-electron chi connectivity index (χ4n) is 5.69. The van der Waals surface area contributed by atoms with Gasteiger partial charge in [0, 0.05) is 23.2 Å². The Kier molecular flexibility index (Phi) is 6.26. The maximum absolute atomic E-state index is 13.5. The number of carboxylic acid groups (broad SMARTS) is 1. The second kappa shape index (κ2) is 9.64. The molecule has 0 bridgehead atoms. The van der Waals surface area contributed by atoms with Crippen LogP contribution in [0.15, 0.2) is 65.2 Å². The molecule has 6 rings (SSSR count). The fourth-order valence-corrected chi connectivity index (χ4v) is 5.69. The van der Waals surface area contributed by atoms with Gasteiger partial charge in [0.2, 0.25) is 5.82 Å². The van der Waals surface area contributed by atoms with Crippen LogP contribution in [0.1, 0.15) is 47.6 Å². The minimum absolute atomic E-state index is 0.130. The van der Waals surface area contributed by atoms with Crippen molar-refractivity contribution < 1.29 is 27.6 Å². The van der Waals surface area contributed by atoms with Crippen molar-refractivity contribution in [1.82, 2.24) is 15.5 Å². The minimum atomic E-state index is -4.45. The first kappa shape index (κ1) is 25.3. The highest BCUT2D eigenvalue weighted by Crippen LogP contribution is 2.40. The van der Waals surface area contributed by atoms with Crippen molar-refractivity contribution in [3.05, 3.63) is 82.9 Å². The van der Waals surface area contributed by atoms with Gasteiger partial charge in [-0.1, -0.05) is 41.6 Å². The summed E-state index contributed by atoms with van der Waals surface area (Å²) in [4.78, 5) is 15.6. The second-order valence-electron chi connectivity index (χ2n) is 10.4. The van der Waals surface area contributed by atoms with Gasteiger partial charge in [-0.2, -0.15) is 18.2 Å². The van der Waals surface area contributed by atoms with Gasteiger partial charge in [-0.25, -0.2) is 0 Å². The molecular formula is C30H26F3N3O3. The summed E-state index contributed by atoms with van der Waals surface area (Å²) in [6, 6.07) is 17.2. The summed E-state index contributed by atoms with van der Waals surface area (Å²) >= 11 is 0. The molecule has 0 aliphatic heterocycles. The van der Waals surface area contributed by atoms with E-state index in [9.17, 15) is 18.0 Å². The Hall–Kier alpha value is -3.98. The first-order valence-electron chi connectivity index (χ1n) is 12.9. The average molecular weight is 534 g/mol.